The van der Waals surface area contributed by atoms with Crippen molar-refractivity contribution in [1.29, 1.82) is 0 Å². The maximum absolute atomic E-state index is 12.2. The van der Waals surface area contributed by atoms with Crippen molar-refractivity contribution < 1.29 is 0 Å². The monoisotopic (exact) mass is 355 g/mol. The molecule has 0 saturated heterocycles. The normalized spacial score (nSPS) is 11.0. The molecule has 0 saturated carbocycles. The Morgan fingerprint density at radius 1 is 1.48 bits per heavy atom. The predicted molar refractivity (Wildman–Crippen MR) is 83.3 cm³/mol. The van der Waals surface area contributed by atoms with Crippen molar-refractivity contribution in [3.05, 3.63) is 33.2 Å². The molecule has 0 amide bonds. The van der Waals surface area contributed by atoms with E-state index in [9.17, 15) is 4.79 Å². The minimum Gasteiger partial charge on any atom is -0.382 e. The lowest BCUT2D eigenvalue weighted by molar-refractivity contribution is 0.367. The van der Waals surface area contributed by atoms with Crippen LogP contribution in [0, 0.1) is 0 Å². The summed E-state index contributed by atoms with van der Waals surface area (Å²) < 4.78 is 1.94. The molecule has 2 heterocycles. The third-order valence-electron chi connectivity index (χ3n) is 2.89. The number of halogens is 1. The number of likely N-dealkylation sites (N-methyl/N-ethyl adjacent to an activating group) is 1. The lowest BCUT2D eigenvalue weighted by Crippen LogP contribution is -2.29. The highest BCUT2D eigenvalue weighted by molar-refractivity contribution is 9.10. The van der Waals surface area contributed by atoms with Gasteiger partial charge in [-0.3, -0.25) is 9.89 Å². The third-order valence-corrected chi connectivity index (χ3v) is 3.65. The zero-order valence-corrected chi connectivity index (χ0v) is 13.6. The SMILES string of the molecule is CN(C)CCn1ncc(NCCc2ncn[nH]2)c(Br)c1=O. The highest BCUT2D eigenvalue weighted by atomic mass is 79.9. The second-order valence-electron chi connectivity index (χ2n) is 4.81. The maximum atomic E-state index is 12.2. The Bertz CT molecular complexity index is 623. The van der Waals surface area contributed by atoms with Crippen molar-refractivity contribution in [3.63, 3.8) is 0 Å². The first kappa shape index (κ1) is 15.6. The molecule has 2 rings (SSSR count). The first-order valence-corrected chi connectivity index (χ1v) is 7.35. The molecule has 2 N–H and O–H groups in total. The molecule has 8 nitrogen and oxygen atoms in total. The van der Waals surface area contributed by atoms with E-state index >= 15 is 0 Å². The van der Waals surface area contributed by atoms with Gasteiger partial charge in [0.25, 0.3) is 5.56 Å². The molecule has 0 atom stereocenters. The maximum Gasteiger partial charge on any atom is 0.283 e. The van der Waals surface area contributed by atoms with Crippen LogP contribution < -0.4 is 10.9 Å². The number of rotatable bonds is 7. The van der Waals surface area contributed by atoms with E-state index in [4.69, 9.17) is 0 Å². The second kappa shape index (κ2) is 7.32. The molecule has 0 fully saturated rings. The van der Waals surface area contributed by atoms with Crippen molar-refractivity contribution in [1.82, 2.24) is 29.9 Å². The molecule has 21 heavy (non-hydrogen) atoms. The summed E-state index contributed by atoms with van der Waals surface area (Å²) in [5.74, 6) is 0.797. The van der Waals surface area contributed by atoms with Gasteiger partial charge >= 0.3 is 0 Å². The molecule has 2 aromatic heterocycles. The van der Waals surface area contributed by atoms with Gasteiger partial charge in [-0.25, -0.2) is 9.67 Å². The van der Waals surface area contributed by atoms with Gasteiger partial charge in [0.05, 0.1) is 18.4 Å². The highest BCUT2D eigenvalue weighted by Crippen LogP contribution is 2.15. The Morgan fingerprint density at radius 3 is 2.95 bits per heavy atom. The van der Waals surface area contributed by atoms with Crippen LogP contribution in [0.3, 0.4) is 0 Å². The quantitative estimate of drug-likeness (QED) is 0.744. The molecule has 0 unspecified atom stereocenters. The van der Waals surface area contributed by atoms with Crippen molar-refractivity contribution in [2.24, 2.45) is 0 Å². The number of aromatic nitrogens is 5. The van der Waals surface area contributed by atoms with Crippen molar-refractivity contribution in [3.8, 4) is 0 Å². The van der Waals surface area contributed by atoms with Crippen LogP contribution in [-0.4, -0.2) is 57.0 Å². The van der Waals surface area contributed by atoms with Crippen LogP contribution in [0.1, 0.15) is 5.82 Å². The van der Waals surface area contributed by atoms with Crippen molar-refractivity contribution in [2.75, 3.05) is 32.5 Å². The summed E-state index contributed by atoms with van der Waals surface area (Å²) in [7, 11) is 3.92. The molecule has 0 aliphatic rings. The molecular formula is C12H18BrN7O. The molecular weight excluding hydrogens is 338 g/mol. The smallest absolute Gasteiger partial charge is 0.283 e. The van der Waals surface area contributed by atoms with Crippen molar-refractivity contribution >= 4 is 21.6 Å². The van der Waals surface area contributed by atoms with Gasteiger partial charge in [-0.05, 0) is 30.0 Å². The standard InChI is InChI=1S/C12H18BrN7O/c1-19(2)5-6-20-12(21)11(13)9(7-17-20)14-4-3-10-15-8-16-18-10/h7-8,14H,3-6H2,1-2H3,(H,15,16,18). The number of hydrogen-bond acceptors (Lipinski definition) is 6. The lowest BCUT2D eigenvalue weighted by atomic mass is 10.4. The summed E-state index contributed by atoms with van der Waals surface area (Å²) in [6.45, 7) is 1.96. The van der Waals surface area contributed by atoms with Gasteiger partial charge in [0.2, 0.25) is 0 Å². The van der Waals surface area contributed by atoms with Crippen LogP contribution in [0.5, 0.6) is 0 Å². The molecule has 0 aliphatic carbocycles. The Morgan fingerprint density at radius 2 is 2.29 bits per heavy atom. The lowest BCUT2D eigenvalue weighted by Gasteiger charge is -2.12. The molecule has 114 valence electrons. The van der Waals surface area contributed by atoms with Crippen LogP contribution in [0.4, 0.5) is 5.69 Å². The van der Waals surface area contributed by atoms with E-state index in [0.29, 0.717) is 29.7 Å². The summed E-state index contributed by atoms with van der Waals surface area (Å²) in [5, 5.41) is 13.9. The van der Waals surface area contributed by atoms with Crippen LogP contribution in [-0.2, 0) is 13.0 Å². The van der Waals surface area contributed by atoms with E-state index in [1.54, 1.807) is 6.20 Å². The molecule has 2 aromatic rings. The fraction of sp³-hybridized carbons (Fsp3) is 0.500. The fourth-order valence-corrected chi connectivity index (χ4v) is 2.16. The van der Waals surface area contributed by atoms with Crippen LogP contribution >= 0.6 is 15.9 Å². The summed E-state index contributed by atoms with van der Waals surface area (Å²) in [6, 6.07) is 0. The third kappa shape index (κ3) is 4.36. The van der Waals surface area contributed by atoms with Crippen LogP contribution in [0.15, 0.2) is 21.8 Å². The minimum absolute atomic E-state index is 0.137. The molecule has 0 bridgehead atoms. The Hall–Kier alpha value is -1.74. The topological polar surface area (TPSA) is 91.7 Å². The average molecular weight is 356 g/mol. The van der Waals surface area contributed by atoms with Gasteiger partial charge in [0.1, 0.15) is 16.6 Å². The zero-order valence-electron chi connectivity index (χ0n) is 12.0. The average Bonchev–Trinajstić information content (AvgIpc) is 2.95. The Balaban J connectivity index is 1.97. The van der Waals surface area contributed by atoms with Gasteiger partial charge in [-0.2, -0.15) is 10.2 Å². The molecule has 0 aromatic carbocycles. The predicted octanol–water partition coefficient (Wildman–Crippen LogP) is 0.340. The highest BCUT2D eigenvalue weighted by Gasteiger charge is 2.08. The van der Waals surface area contributed by atoms with E-state index in [1.807, 2.05) is 19.0 Å². The fourth-order valence-electron chi connectivity index (χ4n) is 1.71. The summed E-state index contributed by atoms with van der Waals surface area (Å²) >= 11 is 3.33. The number of nitrogens with one attached hydrogen (secondary N) is 2. The van der Waals surface area contributed by atoms with Crippen molar-refractivity contribution in [2.45, 2.75) is 13.0 Å². The molecule has 0 spiro atoms. The Kier molecular flexibility index (Phi) is 5.45. The van der Waals surface area contributed by atoms with E-state index in [-0.39, 0.29) is 5.56 Å². The van der Waals surface area contributed by atoms with E-state index < -0.39 is 0 Å². The summed E-state index contributed by atoms with van der Waals surface area (Å²) in [6.07, 6.45) is 3.82. The summed E-state index contributed by atoms with van der Waals surface area (Å²) in [4.78, 5) is 18.2. The van der Waals surface area contributed by atoms with E-state index in [1.165, 1.54) is 11.0 Å². The zero-order chi connectivity index (χ0) is 15.2. The number of aromatic amines is 1. The van der Waals surface area contributed by atoms with Crippen LogP contribution in [0.2, 0.25) is 0 Å². The Labute approximate surface area is 130 Å². The number of anilines is 1. The van der Waals surface area contributed by atoms with Gasteiger partial charge in [-0.1, -0.05) is 0 Å². The molecule has 9 heteroatoms. The van der Waals surface area contributed by atoms with Gasteiger partial charge in [0, 0.05) is 19.5 Å². The second-order valence-corrected chi connectivity index (χ2v) is 5.61. The first-order valence-electron chi connectivity index (χ1n) is 6.56. The largest absolute Gasteiger partial charge is 0.382 e. The van der Waals surface area contributed by atoms with E-state index in [0.717, 1.165) is 12.4 Å². The number of hydrogen-bond donors (Lipinski definition) is 2. The molecule has 0 radical (unpaired) electrons. The van der Waals surface area contributed by atoms with Gasteiger partial charge in [0.15, 0.2) is 0 Å². The number of nitrogens with zero attached hydrogens (tertiary/aromatic N) is 5. The van der Waals surface area contributed by atoms with Gasteiger partial charge < -0.3 is 10.2 Å². The molecule has 0 aliphatic heterocycles. The number of H-pyrrole nitrogens is 1. The van der Waals surface area contributed by atoms with Crippen LogP contribution in [0.25, 0.3) is 0 Å². The van der Waals surface area contributed by atoms with Gasteiger partial charge in [-0.15, -0.1) is 0 Å². The van der Waals surface area contributed by atoms with E-state index in [2.05, 4.69) is 41.5 Å². The first-order chi connectivity index (χ1) is 10.1. The minimum atomic E-state index is -0.137. The summed E-state index contributed by atoms with van der Waals surface area (Å²) in [5.41, 5.74) is 0.544.